The number of nitrogens with one attached hydrogen (secondary N) is 1. The van der Waals surface area contributed by atoms with Gasteiger partial charge in [-0.2, -0.15) is 0 Å². The third-order valence-electron chi connectivity index (χ3n) is 3.92. The van der Waals surface area contributed by atoms with E-state index in [9.17, 15) is 18.9 Å². The van der Waals surface area contributed by atoms with Crippen LogP contribution in [0.15, 0.2) is 12.1 Å². The van der Waals surface area contributed by atoms with E-state index in [1.807, 2.05) is 0 Å². The summed E-state index contributed by atoms with van der Waals surface area (Å²) in [5, 5.41) is 3.31. The van der Waals surface area contributed by atoms with Crippen molar-refractivity contribution in [3.63, 3.8) is 0 Å². The molecule has 22 heavy (non-hydrogen) atoms. The summed E-state index contributed by atoms with van der Waals surface area (Å²) < 4.78 is 22.9. The van der Waals surface area contributed by atoms with E-state index in [1.165, 1.54) is 6.07 Å². The van der Waals surface area contributed by atoms with Gasteiger partial charge in [0.2, 0.25) is 0 Å². The lowest BCUT2D eigenvalue weighted by Gasteiger charge is -2.37. The zero-order chi connectivity index (χ0) is 15.0. The fraction of sp³-hybridized carbons (Fsp3) is 0.583. The van der Waals surface area contributed by atoms with Crippen LogP contribution in [-0.2, 0) is 22.3 Å². The van der Waals surface area contributed by atoms with Gasteiger partial charge in [0, 0.05) is 26.2 Å². The van der Waals surface area contributed by atoms with Crippen molar-refractivity contribution < 1.29 is 18.9 Å². The first-order valence-electron chi connectivity index (χ1n) is 6.81. The van der Waals surface area contributed by atoms with Gasteiger partial charge in [-0.05, 0) is 11.6 Å². The maximum absolute atomic E-state index is 11.5. The normalized spacial score (nSPS) is 23.7. The van der Waals surface area contributed by atoms with Crippen molar-refractivity contribution in [2.24, 2.45) is 0 Å². The Balaban J connectivity index is 0.00000176. The Bertz CT molecular complexity index is 579. The van der Waals surface area contributed by atoms with Crippen molar-refractivity contribution in [3.8, 4) is 0 Å². The molecule has 1 aromatic heterocycles. The van der Waals surface area contributed by atoms with Crippen LogP contribution in [0, 0.1) is 0 Å². The molecule has 1 saturated heterocycles. The molecule has 3 N–H and O–H groups in total. The number of aromatic nitrogens is 1. The van der Waals surface area contributed by atoms with Crippen LogP contribution < -0.4 is 10.8 Å². The van der Waals surface area contributed by atoms with E-state index in [0.29, 0.717) is 24.6 Å². The topological polar surface area (TPSA) is 109 Å². The minimum absolute atomic E-state index is 0. The summed E-state index contributed by atoms with van der Waals surface area (Å²) in [7, 11) is -4.34. The standard InChI is InChI=1S/C12H18N3O4PS.ClH/c16-20(17,18)11-2-1-9-7-13-8-10(12(9)14-11)15-3-5-21(19)6-4-15;/h1-2,10,13H,3-8H2,(H2,16,17,18);1H. The molecule has 3 heterocycles. The molecule has 124 valence electrons. The molecular weight excluding hydrogens is 349 g/mol. The Labute approximate surface area is 138 Å². The van der Waals surface area contributed by atoms with Crippen LogP contribution in [0.4, 0.5) is 0 Å². The molecule has 0 amide bonds. The van der Waals surface area contributed by atoms with E-state index < -0.39 is 18.8 Å². The first kappa shape index (κ1) is 18.2. The molecule has 0 aromatic carbocycles. The van der Waals surface area contributed by atoms with Crippen LogP contribution in [0.1, 0.15) is 17.3 Å². The van der Waals surface area contributed by atoms with Gasteiger partial charge < -0.3 is 19.7 Å². The summed E-state index contributed by atoms with van der Waals surface area (Å²) in [4.78, 5) is 25.0. The van der Waals surface area contributed by atoms with Crippen LogP contribution in [-0.4, -0.2) is 55.4 Å². The van der Waals surface area contributed by atoms with Crippen LogP contribution in [0.3, 0.4) is 0 Å². The zero-order valence-electron chi connectivity index (χ0n) is 11.8. The van der Waals surface area contributed by atoms with E-state index in [1.54, 1.807) is 6.07 Å². The van der Waals surface area contributed by atoms with Crippen LogP contribution in [0.25, 0.3) is 0 Å². The lowest BCUT2D eigenvalue weighted by Crippen LogP contribution is -2.47. The number of hydrogen-bond acceptors (Lipinski definition) is 5. The second-order valence-corrected chi connectivity index (χ2v) is 8.53. The van der Waals surface area contributed by atoms with E-state index in [-0.39, 0.29) is 23.9 Å². The molecule has 0 saturated carbocycles. The molecule has 0 radical (unpaired) electrons. The van der Waals surface area contributed by atoms with E-state index in [2.05, 4.69) is 15.2 Å². The van der Waals surface area contributed by atoms with Crippen LogP contribution in [0.2, 0.25) is 0 Å². The molecule has 10 heteroatoms. The van der Waals surface area contributed by atoms with Crippen molar-refractivity contribution in [1.82, 2.24) is 15.2 Å². The Morgan fingerprint density at radius 3 is 2.68 bits per heavy atom. The molecule has 2 aliphatic rings. The number of fused-ring (bicyclic) bond motifs is 1. The highest BCUT2D eigenvalue weighted by atomic mass is 35.5. The van der Waals surface area contributed by atoms with Gasteiger partial charge in [-0.1, -0.05) is 17.2 Å². The third kappa shape index (κ3) is 3.83. The zero-order valence-corrected chi connectivity index (χ0v) is 14.4. The summed E-state index contributed by atoms with van der Waals surface area (Å²) in [5.41, 5.74) is 1.53. The van der Waals surface area contributed by atoms with Crippen LogP contribution in [0.5, 0.6) is 0 Å². The average Bonchev–Trinajstić information content (AvgIpc) is 2.46. The number of halogens is 1. The van der Waals surface area contributed by atoms with E-state index >= 15 is 0 Å². The maximum atomic E-state index is 11.5. The Kier molecular flexibility index (Phi) is 5.90. The van der Waals surface area contributed by atoms with Gasteiger partial charge >= 0.3 is 7.60 Å². The van der Waals surface area contributed by atoms with Gasteiger partial charge in [-0.15, -0.1) is 12.4 Å². The summed E-state index contributed by atoms with van der Waals surface area (Å²) in [6.45, 7) is 2.79. The Morgan fingerprint density at radius 1 is 1.36 bits per heavy atom. The molecule has 0 aliphatic carbocycles. The quantitative estimate of drug-likeness (QED) is 0.478. The van der Waals surface area contributed by atoms with Gasteiger partial charge in [-0.3, -0.25) is 9.46 Å². The fourth-order valence-corrected chi connectivity index (χ4v) is 4.39. The lowest BCUT2D eigenvalue weighted by molar-refractivity contribution is 0.196. The van der Waals surface area contributed by atoms with Crippen molar-refractivity contribution in [3.05, 3.63) is 23.4 Å². The minimum Gasteiger partial charge on any atom is -0.616 e. The van der Waals surface area contributed by atoms with Crippen LogP contribution >= 0.6 is 20.0 Å². The molecule has 1 atom stereocenters. The summed E-state index contributed by atoms with van der Waals surface area (Å²) in [6.07, 6.45) is 0. The Morgan fingerprint density at radius 2 is 2.05 bits per heavy atom. The highest BCUT2D eigenvalue weighted by molar-refractivity contribution is 7.91. The predicted octanol–water partition coefficient (Wildman–Crippen LogP) is -0.485. The van der Waals surface area contributed by atoms with Crippen molar-refractivity contribution in [1.29, 1.82) is 0 Å². The van der Waals surface area contributed by atoms with E-state index in [0.717, 1.165) is 24.3 Å². The van der Waals surface area contributed by atoms with Gasteiger partial charge in [0.1, 0.15) is 11.5 Å². The molecule has 2 aliphatic heterocycles. The summed E-state index contributed by atoms with van der Waals surface area (Å²) in [5.74, 6) is 1.29. The summed E-state index contributed by atoms with van der Waals surface area (Å²) >= 11 is -0.749. The SMILES string of the molecule is Cl.O=P(O)(O)c1ccc2c(n1)C(N1CC[S+]([O-])CC1)CNC2. The van der Waals surface area contributed by atoms with Gasteiger partial charge in [0.15, 0.2) is 5.44 Å². The number of rotatable bonds is 2. The molecule has 3 rings (SSSR count). The lowest BCUT2D eigenvalue weighted by atomic mass is 10.0. The highest BCUT2D eigenvalue weighted by Gasteiger charge is 2.32. The molecular formula is C12H19ClN3O4PS. The molecule has 1 aromatic rings. The fourth-order valence-electron chi connectivity index (χ4n) is 2.80. The largest absolute Gasteiger partial charge is 0.616 e. The molecule has 0 bridgehead atoms. The number of hydrogen-bond donors (Lipinski definition) is 3. The van der Waals surface area contributed by atoms with Crippen molar-refractivity contribution >= 4 is 36.6 Å². The average molecular weight is 368 g/mol. The first-order valence-corrected chi connectivity index (χ1v) is 9.91. The van der Waals surface area contributed by atoms with Gasteiger partial charge in [-0.25, -0.2) is 4.98 Å². The second kappa shape index (κ2) is 7.15. The Hall–Kier alpha value is -0.180. The predicted molar refractivity (Wildman–Crippen MR) is 87.1 cm³/mol. The second-order valence-electron chi connectivity index (χ2n) is 5.29. The highest BCUT2D eigenvalue weighted by Crippen LogP contribution is 2.34. The number of nitrogens with zero attached hydrogens (tertiary/aromatic N) is 2. The van der Waals surface area contributed by atoms with E-state index in [4.69, 9.17) is 0 Å². The molecule has 1 unspecified atom stereocenters. The monoisotopic (exact) mass is 367 g/mol. The molecule has 0 spiro atoms. The van der Waals surface area contributed by atoms with Gasteiger partial charge in [0.25, 0.3) is 0 Å². The first-order chi connectivity index (χ1) is 9.95. The number of pyridine rings is 1. The molecule has 7 nitrogen and oxygen atoms in total. The van der Waals surface area contributed by atoms with Gasteiger partial charge in [0.05, 0.1) is 11.7 Å². The molecule has 1 fully saturated rings. The minimum atomic E-state index is -4.34. The summed E-state index contributed by atoms with van der Waals surface area (Å²) in [6, 6.07) is 3.12. The van der Waals surface area contributed by atoms with Crippen molar-refractivity contribution in [2.75, 3.05) is 31.1 Å². The smallest absolute Gasteiger partial charge is 0.374 e. The third-order valence-corrected chi connectivity index (χ3v) is 6.04. The maximum Gasteiger partial charge on any atom is 0.374 e. The van der Waals surface area contributed by atoms with Crippen molar-refractivity contribution in [2.45, 2.75) is 12.6 Å².